The van der Waals surface area contributed by atoms with Crippen molar-refractivity contribution >= 4 is 12.3 Å². The van der Waals surface area contributed by atoms with Crippen LogP contribution in [0.5, 0.6) is 0 Å². The number of benzene rings is 1. The van der Waals surface area contributed by atoms with Crippen LogP contribution < -0.4 is 0 Å². The van der Waals surface area contributed by atoms with E-state index < -0.39 is 17.5 Å². The van der Waals surface area contributed by atoms with Crippen molar-refractivity contribution in [3.05, 3.63) is 53.2 Å². The molecule has 0 aliphatic rings. The van der Waals surface area contributed by atoms with Gasteiger partial charge in [-0.05, 0) is 30.7 Å². The van der Waals surface area contributed by atoms with Crippen molar-refractivity contribution in [3.8, 4) is 11.3 Å². The highest BCUT2D eigenvalue weighted by Gasteiger charge is 2.21. The van der Waals surface area contributed by atoms with Crippen molar-refractivity contribution in [1.29, 1.82) is 0 Å². The Balaban J connectivity index is 2.67. The van der Waals surface area contributed by atoms with E-state index in [2.05, 4.69) is 4.98 Å². The van der Waals surface area contributed by atoms with Crippen molar-refractivity contribution < 1.29 is 18.4 Å². The SMILES string of the molecule is Cc1ccnc(-c2ccc(F)cc2F)c1C(=O)N(C)C=O. The smallest absolute Gasteiger partial charge is 0.262 e. The van der Waals surface area contributed by atoms with Crippen LogP contribution in [-0.2, 0) is 4.79 Å². The number of aromatic nitrogens is 1. The number of carbonyl (C=O) groups is 2. The summed E-state index contributed by atoms with van der Waals surface area (Å²) in [6.45, 7) is 1.65. The fraction of sp³-hybridized carbons (Fsp3) is 0.133. The molecule has 4 nitrogen and oxygen atoms in total. The zero-order valence-corrected chi connectivity index (χ0v) is 11.4. The normalized spacial score (nSPS) is 10.3. The van der Waals surface area contributed by atoms with E-state index in [4.69, 9.17) is 0 Å². The van der Waals surface area contributed by atoms with E-state index in [1.807, 2.05) is 0 Å². The summed E-state index contributed by atoms with van der Waals surface area (Å²) >= 11 is 0. The number of amides is 2. The van der Waals surface area contributed by atoms with Crippen molar-refractivity contribution in [3.63, 3.8) is 0 Å². The van der Waals surface area contributed by atoms with Gasteiger partial charge in [0.25, 0.3) is 5.91 Å². The van der Waals surface area contributed by atoms with Crippen molar-refractivity contribution in [2.24, 2.45) is 0 Å². The Labute approximate surface area is 120 Å². The molecule has 0 saturated heterocycles. The van der Waals surface area contributed by atoms with E-state index in [0.717, 1.165) is 17.0 Å². The van der Waals surface area contributed by atoms with E-state index in [9.17, 15) is 18.4 Å². The molecule has 1 heterocycles. The third-order valence-corrected chi connectivity index (χ3v) is 3.04. The van der Waals surface area contributed by atoms with E-state index >= 15 is 0 Å². The van der Waals surface area contributed by atoms with Gasteiger partial charge in [-0.15, -0.1) is 0 Å². The number of hydrogen-bond donors (Lipinski definition) is 0. The number of hydrogen-bond acceptors (Lipinski definition) is 3. The lowest BCUT2D eigenvalue weighted by molar-refractivity contribution is -0.115. The molecule has 0 aliphatic carbocycles. The van der Waals surface area contributed by atoms with Crippen molar-refractivity contribution in [1.82, 2.24) is 9.88 Å². The second kappa shape index (κ2) is 5.78. The minimum Gasteiger partial charge on any atom is -0.284 e. The molecular weight excluding hydrogens is 278 g/mol. The Morgan fingerprint density at radius 1 is 1.29 bits per heavy atom. The highest BCUT2D eigenvalue weighted by molar-refractivity contribution is 6.05. The summed E-state index contributed by atoms with van der Waals surface area (Å²) < 4.78 is 26.9. The Morgan fingerprint density at radius 2 is 2.00 bits per heavy atom. The molecule has 0 unspecified atom stereocenters. The fourth-order valence-corrected chi connectivity index (χ4v) is 1.94. The number of halogens is 2. The second-order valence-corrected chi connectivity index (χ2v) is 4.50. The predicted molar refractivity (Wildman–Crippen MR) is 72.5 cm³/mol. The number of aryl methyl sites for hydroxylation is 1. The van der Waals surface area contributed by atoms with E-state index in [-0.39, 0.29) is 16.8 Å². The molecule has 0 bridgehead atoms. The minimum absolute atomic E-state index is 0.00255. The predicted octanol–water partition coefficient (Wildman–Crippen LogP) is 2.56. The van der Waals surface area contributed by atoms with Crippen molar-refractivity contribution in [2.45, 2.75) is 6.92 Å². The van der Waals surface area contributed by atoms with Crippen LogP contribution >= 0.6 is 0 Å². The van der Waals surface area contributed by atoms with Crippen LogP contribution in [0.2, 0.25) is 0 Å². The van der Waals surface area contributed by atoms with Crippen LogP contribution in [0, 0.1) is 18.6 Å². The lowest BCUT2D eigenvalue weighted by Crippen LogP contribution is -2.26. The molecule has 0 atom stereocenters. The summed E-state index contributed by atoms with van der Waals surface area (Å²) in [5.41, 5.74) is 0.731. The molecule has 2 aromatic rings. The van der Waals surface area contributed by atoms with Crippen LogP contribution in [-0.4, -0.2) is 29.2 Å². The summed E-state index contributed by atoms with van der Waals surface area (Å²) in [7, 11) is 1.30. The number of carbonyl (C=O) groups excluding carboxylic acids is 2. The third kappa shape index (κ3) is 2.79. The molecule has 1 aromatic carbocycles. The fourth-order valence-electron chi connectivity index (χ4n) is 1.94. The first-order valence-electron chi connectivity index (χ1n) is 6.09. The van der Waals surface area contributed by atoms with E-state index in [1.54, 1.807) is 13.0 Å². The van der Waals surface area contributed by atoms with Gasteiger partial charge in [-0.3, -0.25) is 19.5 Å². The zero-order valence-electron chi connectivity index (χ0n) is 11.4. The molecule has 2 amide bonds. The van der Waals surface area contributed by atoms with Gasteiger partial charge in [0, 0.05) is 24.9 Å². The van der Waals surface area contributed by atoms with Gasteiger partial charge in [-0.25, -0.2) is 8.78 Å². The van der Waals surface area contributed by atoms with E-state index in [1.165, 1.54) is 19.3 Å². The third-order valence-electron chi connectivity index (χ3n) is 3.04. The number of rotatable bonds is 3. The molecule has 0 saturated carbocycles. The first-order valence-corrected chi connectivity index (χ1v) is 6.09. The minimum atomic E-state index is -0.823. The summed E-state index contributed by atoms with van der Waals surface area (Å²) in [6, 6.07) is 4.60. The van der Waals surface area contributed by atoms with Crippen LogP contribution in [0.3, 0.4) is 0 Å². The average Bonchev–Trinajstić information content (AvgIpc) is 2.45. The maximum absolute atomic E-state index is 13.9. The van der Waals surface area contributed by atoms with Crippen molar-refractivity contribution in [2.75, 3.05) is 7.05 Å². The Bertz CT molecular complexity index is 717. The first kappa shape index (κ1) is 14.8. The average molecular weight is 290 g/mol. The van der Waals surface area contributed by atoms with Crippen LogP contribution in [0.25, 0.3) is 11.3 Å². The summed E-state index contributed by atoms with van der Waals surface area (Å²) in [5, 5.41) is 0. The first-order chi connectivity index (χ1) is 9.95. The van der Waals surface area contributed by atoms with Crippen LogP contribution in [0.1, 0.15) is 15.9 Å². The molecular formula is C15H12F2N2O2. The molecule has 0 spiro atoms. The molecule has 1 aromatic heterocycles. The second-order valence-electron chi connectivity index (χ2n) is 4.50. The van der Waals surface area contributed by atoms with Gasteiger partial charge in [0.05, 0.1) is 11.3 Å². The summed E-state index contributed by atoms with van der Waals surface area (Å²) in [6.07, 6.45) is 1.78. The summed E-state index contributed by atoms with van der Waals surface area (Å²) in [4.78, 5) is 27.8. The number of imide groups is 1. The maximum Gasteiger partial charge on any atom is 0.262 e. The monoisotopic (exact) mass is 290 g/mol. The quantitative estimate of drug-likeness (QED) is 0.816. The molecule has 0 N–H and O–H groups in total. The molecule has 21 heavy (non-hydrogen) atoms. The molecule has 108 valence electrons. The van der Waals surface area contributed by atoms with Crippen LogP contribution in [0.4, 0.5) is 8.78 Å². The Hall–Kier alpha value is -2.63. The van der Waals surface area contributed by atoms with Gasteiger partial charge >= 0.3 is 0 Å². The van der Waals surface area contributed by atoms with Gasteiger partial charge < -0.3 is 0 Å². The molecule has 0 aliphatic heterocycles. The van der Waals surface area contributed by atoms with Gasteiger partial charge in [0.1, 0.15) is 11.6 Å². The molecule has 2 rings (SSSR count). The molecule has 0 radical (unpaired) electrons. The highest BCUT2D eigenvalue weighted by atomic mass is 19.1. The van der Waals surface area contributed by atoms with Gasteiger partial charge in [0.2, 0.25) is 6.41 Å². The largest absolute Gasteiger partial charge is 0.284 e. The lowest BCUT2D eigenvalue weighted by atomic mass is 10.0. The molecule has 6 heteroatoms. The van der Waals surface area contributed by atoms with Crippen LogP contribution in [0.15, 0.2) is 30.5 Å². The topological polar surface area (TPSA) is 50.3 Å². The Kier molecular flexibility index (Phi) is 4.07. The molecule has 0 fully saturated rings. The maximum atomic E-state index is 13.9. The zero-order chi connectivity index (χ0) is 15.6. The number of nitrogens with zero attached hydrogens (tertiary/aromatic N) is 2. The number of pyridine rings is 1. The Morgan fingerprint density at radius 3 is 2.62 bits per heavy atom. The summed E-state index contributed by atoms with van der Waals surface area (Å²) in [5.74, 6) is -2.15. The van der Waals surface area contributed by atoms with Gasteiger partial charge in [-0.2, -0.15) is 0 Å². The van der Waals surface area contributed by atoms with Gasteiger partial charge in [0.15, 0.2) is 0 Å². The lowest BCUT2D eigenvalue weighted by Gasteiger charge is -2.15. The van der Waals surface area contributed by atoms with Gasteiger partial charge in [-0.1, -0.05) is 0 Å². The highest BCUT2D eigenvalue weighted by Crippen LogP contribution is 2.27. The van der Waals surface area contributed by atoms with E-state index in [0.29, 0.717) is 12.0 Å². The standard InChI is InChI=1S/C15H12F2N2O2/c1-9-5-6-18-14(13(9)15(21)19(2)8-20)11-4-3-10(16)7-12(11)17/h3-8H,1-2H3.